The molecule has 1 amide bonds. The number of rotatable bonds is 7. The standard InChI is InChI=1S/C33H39F2N5O4/c1-2-24-25(35)8-7-21-12-23(42)13-27(28(21)24)40-17-26-29(31(40)43)30(38-10-4-3-6-20(15-38)18-41)37-32(36-26)44-19-33-9-5-11-39(33)16-22(34)14-33/h7-8,12-13,20,22,41-42H,2-6,9-11,14-19H2,1H3/t20-,22+,33-/m0/s1. The van der Waals surface area contributed by atoms with Gasteiger partial charge in [-0.15, -0.1) is 0 Å². The van der Waals surface area contributed by atoms with Gasteiger partial charge in [-0.2, -0.15) is 9.97 Å². The number of alkyl halides is 1. The number of ether oxygens (including phenoxy) is 1. The quantitative estimate of drug-likeness (QED) is 0.397. The molecule has 5 heterocycles. The van der Waals surface area contributed by atoms with Gasteiger partial charge >= 0.3 is 6.01 Å². The highest BCUT2D eigenvalue weighted by atomic mass is 19.1. The summed E-state index contributed by atoms with van der Waals surface area (Å²) in [5, 5.41) is 21.9. The van der Waals surface area contributed by atoms with Gasteiger partial charge in [0.1, 0.15) is 35.7 Å². The number of carbonyl (C=O) groups excluding carboxylic acids is 1. The maximum Gasteiger partial charge on any atom is 0.318 e. The molecule has 44 heavy (non-hydrogen) atoms. The third-order valence-electron chi connectivity index (χ3n) is 10.0. The van der Waals surface area contributed by atoms with Gasteiger partial charge in [0.2, 0.25) is 0 Å². The molecule has 3 fully saturated rings. The normalized spacial score (nSPS) is 25.5. The van der Waals surface area contributed by atoms with E-state index in [1.54, 1.807) is 12.1 Å². The fourth-order valence-corrected chi connectivity index (χ4v) is 7.90. The third kappa shape index (κ3) is 4.94. The van der Waals surface area contributed by atoms with Gasteiger partial charge in [-0.05, 0) is 67.6 Å². The van der Waals surface area contributed by atoms with E-state index in [-0.39, 0.29) is 54.7 Å². The summed E-state index contributed by atoms with van der Waals surface area (Å²) in [6.45, 7) is 4.71. The van der Waals surface area contributed by atoms with Crippen molar-refractivity contribution in [3.63, 3.8) is 0 Å². The number of aliphatic hydroxyl groups excluding tert-OH is 1. The number of anilines is 2. The molecule has 0 bridgehead atoms. The van der Waals surface area contributed by atoms with E-state index in [0.29, 0.717) is 71.6 Å². The van der Waals surface area contributed by atoms with E-state index < -0.39 is 6.17 Å². The van der Waals surface area contributed by atoms with Crippen LogP contribution in [0.1, 0.15) is 67.1 Å². The molecule has 11 heteroatoms. The van der Waals surface area contributed by atoms with Gasteiger partial charge in [0.05, 0.1) is 23.5 Å². The van der Waals surface area contributed by atoms with Gasteiger partial charge in [-0.1, -0.05) is 19.4 Å². The Hall–Kier alpha value is -3.57. The number of amides is 1. The number of aryl methyl sites for hydroxylation is 1. The Labute approximate surface area is 255 Å². The van der Waals surface area contributed by atoms with Crippen molar-refractivity contribution in [2.75, 3.05) is 49.2 Å². The Morgan fingerprint density at radius 1 is 1.14 bits per heavy atom. The van der Waals surface area contributed by atoms with Crippen LogP contribution in [0, 0.1) is 11.7 Å². The molecular formula is C33H39F2N5O4. The van der Waals surface area contributed by atoms with Gasteiger partial charge in [-0.25, -0.2) is 8.78 Å². The number of halogens is 2. The average Bonchev–Trinajstić information content (AvgIpc) is 3.57. The molecule has 234 valence electrons. The van der Waals surface area contributed by atoms with Gasteiger partial charge in [0, 0.05) is 44.1 Å². The number of aliphatic hydroxyl groups is 1. The van der Waals surface area contributed by atoms with Crippen LogP contribution in [0.15, 0.2) is 24.3 Å². The summed E-state index contributed by atoms with van der Waals surface area (Å²) in [6.07, 6.45) is 4.51. The lowest BCUT2D eigenvalue weighted by Crippen LogP contribution is -2.43. The highest BCUT2D eigenvalue weighted by Gasteiger charge is 2.49. The van der Waals surface area contributed by atoms with Crippen LogP contribution in [0.4, 0.5) is 20.3 Å². The van der Waals surface area contributed by atoms with E-state index in [1.807, 2.05) is 11.8 Å². The molecule has 3 atom stereocenters. The number of hydrogen-bond donors (Lipinski definition) is 2. The monoisotopic (exact) mass is 607 g/mol. The number of benzene rings is 2. The van der Waals surface area contributed by atoms with Crippen molar-refractivity contribution in [2.24, 2.45) is 5.92 Å². The molecule has 7 rings (SSSR count). The number of aromatic hydroxyl groups is 1. The molecule has 3 saturated heterocycles. The predicted octanol–water partition coefficient (Wildman–Crippen LogP) is 4.75. The van der Waals surface area contributed by atoms with E-state index in [0.717, 1.165) is 38.6 Å². The largest absolute Gasteiger partial charge is 0.508 e. The fraction of sp³-hybridized carbons (Fsp3) is 0.545. The molecule has 0 unspecified atom stereocenters. The fourth-order valence-electron chi connectivity index (χ4n) is 7.90. The summed E-state index contributed by atoms with van der Waals surface area (Å²) >= 11 is 0. The third-order valence-corrected chi connectivity index (χ3v) is 10.0. The number of phenols is 1. The molecule has 0 aliphatic carbocycles. The summed E-state index contributed by atoms with van der Waals surface area (Å²) in [6, 6.07) is 6.22. The predicted molar refractivity (Wildman–Crippen MR) is 163 cm³/mol. The lowest BCUT2D eigenvalue weighted by atomic mass is 9.95. The maximum absolute atomic E-state index is 15.0. The molecule has 2 N–H and O–H groups in total. The van der Waals surface area contributed by atoms with Crippen LogP contribution in [0.3, 0.4) is 0 Å². The number of aromatic nitrogens is 2. The molecule has 0 radical (unpaired) electrons. The van der Waals surface area contributed by atoms with Crippen LogP contribution in [0.25, 0.3) is 10.8 Å². The first-order chi connectivity index (χ1) is 21.3. The summed E-state index contributed by atoms with van der Waals surface area (Å²) in [4.78, 5) is 29.6. The zero-order chi connectivity index (χ0) is 30.6. The highest BCUT2D eigenvalue weighted by molar-refractivity contribution is 6.16. The second kappa shape index (κ2) is 11.4. The van der Waals surface area contributed by atoms with Crippen molar-refractivity contribution in [2.45, 2.75) is 70.1 Å². The van der Waals surface area contributed by atoms with E-state index in [1.165, 1.54) is 17.0 Å². The van der Waals surface area contributed by atoms with E-state index in [2.05, 4.69) is 4.90 Å². The summed E-state index contributed by atoms with van der Waals surface area (Å²) in [5.41, 5.74) is 1.35. The summed E-state index contributed by atoms with van der Waals surface area (Å²) < 4.78 is 35.7. The van der Waals surface area contributed by atoms with Gasteiger partial charge in [-0.3, -0.25) is 9.69 Å². The topological polar surface area (TPSA) is 102 Å². The van der Waals surface area contributed by atoms with Gasteiger partial charge in [0.25, 0.3) is 5.91 Å². The summed E-state index contributed by atoms with van der Waals surface area (Å²) in [7, 11) is 0. The first-order valence-corrected chi connectivity index (χ1v) is 15.8. The lowest BCUT2D eigenvalue weighted by molar-refractivity contribution is 0.0996. The van der Waals surface area contributed by atoms with Crippen molar-refractivity contribution >= 4 is 28.2 Å². The SMILES string of the molecule is CCc1c(F)ccc2cc(O)cc(N3Cc4nc(OC[C@@]56CCCN5C[C@H](F)C6)nc(N5CCCC[C@H](CO)C5)c4C3=O)c12. The minimum absolute atomic E-state index is 0.0262. The molecule has 4 aliphatic rings. The number of nitrogens with zero attached hydrogens (tertiary/aromatic N) is 5. The average molecular weight is 608 g/mol. The van der Waals surface area contributed by atoms with Crippen LogP contribution in [0.2, 0.25) is 0 Å². The molecule has 1 aromatic heterocycles. The Morgan fingerprint density at radius 3 is 2.82 bits per heavy atom. The first kappa shape index (κ1) is 29.2. The molecule has 4 aliphatic heterocycles. The first-order valence-electron chi connectivity index (χ1n) is 15.8. The Balaban J connectivity index is 1.30. The Bertz CT molecular complexity index is 1600. The zero-order valence-corrected chi connectivity index (χ0v) is 25.1. The van der Waals surface area contributed by atoms with Crippen molar-refractivity contribution < 1.29 is 28.5 Å². The van der Waals surface area contributed by atoms with Crippen LogP contribution in [-0.2, 0) is 13.0 Å². The van der Waals surface area contributed by atoms with E-state index >= 15 is 0 Å². The van der Waals surface area contributed by atoms with Crippen molar-refractivity contribution in [3.05, 3.63) is 46.9 Å². The van der Waals surface area contributed by atoms with Crippen LogP contribution < -0.4 is 14.5 Å². The van der Waals surface area contributed by atoms with Crippen LogP contribution >= 0.6 is 0 Å². The minimum Gasteiger partial charge on any atom is -0.508 e. The van der Waals surface area contributed by atoms with Crippen LogP contribution in [-0.4, -0.2) is 82.1 Å². The second-order valence-corrected chi connectivity index (χ2v) is 12.8. The minimum atomic E-state index is -0.885. The highest BCUT2D eigenvalue weighted by Crippen LogP contribution is 2.43. The number of phenolic OH excluding ortho intramolecular Hbond substituents is 1. The zero-order valence-electron chi connectivity index (χ0n) is 25.1. The molecule has 3 aromatic rings. The van der Waals surface area contributed by atoms with Crippen molar-refractivity contribution in [1.82, 2.24) is 14.9 Å². The molecular weight excluding hydrogens is 568 g/mol. The molecule has 0 saturated carbocycles. The number of carbonyl (C=O) groups is 1. The van der Waals surface area contributed by atoms with E-state index in [9.17, 15) is 23.8 Å². The van der Waals surface area contributed by atoms with Gasteiger partial charge < -0.3 is 24.7 Å². The lowest BCUT2D eigenvalue weighted by Gasteiger charge is -2.31. The van der Waals surface area contributed by atoms with Gasteiger partial charge in [0.15, 0.2) is 0 Å². The van der Waals surface area contributed by atoms with Crippen molar-refractivity contribution in [3.8, 4) is 11.8 Å². The molecule has 9 nitrogen and oxygen atoms in total. The second-order valence-electron chi connectivity index (χ2n) is 12.8. The molecule has 0 spiro atoms. The smallest absolute Gasteiger partial charge is 0.318 e. The van der Waals surface area contributed by atoms with Crippen LogP contribution in [0.5, 0.6) is 11.8 Å². The Morgan fingerprint density at radius 2 is 2.00 bits per heavy atom. The Kier molecular flexibility index (Phi) is 7.56. The maximum atomic E-state index is 15.0. The number of fused-ring (bicyclic) bond motifs is 3. The van der Waals surface area contributed by atoms with Crippen molar-refractivity contribution in [1.29, 1.82) is 0 Å². The van der Waals surface area contributed by atoms with E-state index in [4.69, 9.17) is 14.7 Å². The molecule has 2 aromatic carbocycles. The number of hydrogen-bond acceptors (Lipinski definition) is 8. The summed E-state index contributed by atoms with van der Waals surface area (Å²) in [5.74, 6) is -0.228.